The Morgan fingerprint density at radius 2 is 1.73 bits per heavy atom. The van der Waals surface area contributed by atoms with Crippen molar-refractivity contribution >= 4 is 41.2 Å². The van der Waals surface area contributed by atoms with Crippen LogP contribution in [-0.2, 0) is 38.1 Å². The van der Waals surface area contributed by atoms with Gasteiger partial charge in [0.2, 0.25) is 17.7 Å². The predicted molar refractivity (Wildman–Crippen MR) is 184 cm³/mol. The molecule has 21 nitrogen and oxygen atoms in total. The Balaban J connectivity index is 1.66. The second-order valence-corrected chi connectivity index (χ2v) is 13.3. The maximum absolute atomic E-state index is 12.6. The molecular weight excluding hydrogens is 736 g/mol. The molecule has 2 aliphatic rings. The van der Waals surface area contributed by atoms with Crippen LogP contribution in [0.5, 0.6) is 0 Å². The minimum Gasteiger partial charge on any atom is -0.862 e. The van der Waals surface area contributed by atoms with E-state index in [1.807, 2.05) is 0 Å². The number of methoxy groups -OCH3 is 1. The summed E-state index contributed by atoms with van der Waals surface area (Å²) in [6, 6.07) is 4.88. The van der Waals surface area contributed by atoms with Gasteiger partial charge in [-0.3, -0.25) is 19.4 Å². The standard InChI is InChI=1S/C34H50N4O17/c1-17(40)36-27-22(9-6-12-35-25(43)10-11-26(44)37-20-8-5-4-7-19(20)31(48)52-3)54-24(29(46)30(27)47)15-53-34(32(49)50)16-33(51,38-18(2)41)13-23(55-34)28(45)21(42)14-39/h4-5,7-8,21-24,27-30,39,42,45-47,51H,6,9-16H2,1-3H3,(H,35,43)(H,36,40)(H,37,44)(H,38,41)(H,49,50)/p-1/t21?,22-,23-,24-,27+,28?,29+,30-,33-,34-/m1/s1. The summed E-state index contributed by atoms with van der Waals surface area (Å²) in [6.45, 7) is 0.380. The van der Waals surface area contributed by atoms with Crippen molar-refractivity contribution in [2.75, 3.05) is 32.2 Å². The van der Waals surface area contributed by atoms with Crippen LogP contribution in [-0.4, -0.2) is 158 Å². The maximum Gasteiger partial charge on any atom is 0.364 e. The number of ether oxygens (including phenoxy) is 4. The zero-order chi connectivity index (χ0) is 41.1. The average molecular weight is 786 g/mol. The molecule has 55 heavy (non-hydrogen) atoms. The highest BCUT2D eigenvalue weighted by molar-refractivity contribution is 6.01. The molecule has 2 aliphatic heterocycles. The number of carboxylic acid groups (broad SMARTS) is 1. The van der Waals surface area contributed by atoms with Gasteiger partial charge >= 0.3 is 11.9 Å². The van der Waals surface area contributed by atoms with Crippen molar-refractivity contribution in [1.29, 1.82) is 0 Å². The fraction of sp³-hybridized carbons (Fsp3) is 0.647. The van der Waals surface area contributed by atoms with Gasteiger partial charge in [0.1, 0.15) is 42.3 Å². The Morgan fingerprint density at radius 1 is 1.05 bits per heavy atom. The van der Waals surface area contributed by atoms with E-state index in [0.29, 0.717) is 0 Å². The quantitative estimate of drug-likeness (QED) is 0.0225. The van der Waals surface area contributed by atoms with E-state index in [-0.39, 0.29) is 43.5 Å². The van der Waals surface area contributed by atoms with Crippen LogP contribution in [0.15, 0.2) is 29.3 Å². The number of aliphatic hydroxyl groups excluding tert-OH is 5. The van der Waals surface area contributed by atoms with Gasteiger partial charge in [0.05, 0.1) is 50.2 Å². The summed E-state index contributed by atoms with van der Waals surface area (Å²) in [5.41, 5.74) is -2.02. The summed E-state index contributed by atoms with van der Waals surface area (Å²) in [4.78, 5) is 65.2. The number of hydrogen-bond acceptors (Lipinski definition) is 17. The summed E-state index contributed by atoms with van der Waals surface area (Å²) in [7, 11) is 1.20. The van der Waals surface area contributed by atoms with Crippen molar-refractivity contribution in [2.24, 2.45) is 4.99 Å². The Kier molecular flexibility index (Phi) is 16.4. The Labute approximate surface area is 315 Å². The van der Waals surface area contributed by atoms with Crippen LogP contribution in [0.4, 0.5) is 5.69 Å². The highest BCUT2D eigenvalue weighted by atomic mass is 16.7. The minimum atomic E-state index is -2.84. The van der Waals surface area contributed by atoms with Crippen LogP contribution >= 0.6 is 0 Å². The number of carboxylic acids is 1. The van der Waals surface area contributed by atoms with Gasteiger partial charge in [0.15, 0.2) is 0 Å². The molecule has 1 aromatic rings. The Morgan fingerprint density at radius 3 is 2.35 bits per heavy atom. The summed E-state index contributed by atoms with van der Waals surface area (Å²) < 4.78 is 21.8. The first-order chi connectivity index (χ1) is 25.8. The monoisotopic (exact) mass is 785 g/mol. The number of rotatable bonds is 18. The molecule has 0 spiro atoms. The highest BCUT2D eigenvalue weighted by Crippen LogP contribution is 2.38. The third-order valence-corrected chi connectivity index (χ3v) is 8.90. The smallest absolute Gasteiger partial charge is 0.364 e. The molecule has 308 valence electrons. The lowest BCUT2D eigenvalue weighted by atomic mass is 9.88. The summed E-state index contributed by atoms with van der Waals surface area (Å²) in [5.74, 6) is -7.86. The van der Waals surface area contributed by atoms with Gasteiger partial charge in [-0.2, -0.15) is 0 Å². The van der Waals surface area contributed by atoms with Crippen LogP contribution < -0.4 is 21.1 Å². The minimum absolute atomic E-state index is 0.0307. The molecule has 10 N–H and O–H groups in total. The summed E-state index contributed by atoms with van der Waals surface area (Å²) in [6.07, 6.45) is -13.5. The molecular formula is C34H49N4O17-. The molecule has 1 aromatic carbocycles. The lowest BCUT2D eigenvalue weighted by Gasteiger charge is -2.48. The highest BCUT2D eigenvalue weighted by Gasteiger charge is 2.58. The Bertz CT molecular complexity index is 1540. The number of nitrogens with one attached hydrogen (secondary N) is 3. The van der Waals surface area contributed by atoms with Crippen LogP contribution in [0.3, 0.4) is 0 Å². The molecule has 0 aliphatic carbocycles. The first-order valence-corrected chi connectivity index (χ1v) is 17.4. The first-order valence-electron chi connectivity index (χ1n) is 17.4. The molecule has 3 amide bonds. The molecule has 0 bridgehead atoms. The largest absolute Gasteiger partial charge is 0.862 e. The van der Waals surface area contributed by atoms with Gasteiger partial charge in [-0.15, -0.1) is 0 Å². The van der Waals surface area contributed by atoms with Gasteiger partial charge in [0.25, 0.3) is 5.79 Å². The number of anilines is 1. The van der Waals surface area contributed by atoms with E-state index in [2.05, 4.69) is 20.9 Å². The fourth-order valence-corrected chi connectivity index (χ4v) is 6.29. The number of amides is 3. The van der Waals surface area contributed by atoms with Crippen molar-refractivity contribution in [3.05, 3.63) is 29.8 Å². The second-order valence-electron chi connectivity index (χ2n) is 13.3. The lowest BCUT2D eigenvalue weighted by molar-refractivity contribution is -0.332. The van der Waals surface area contributed by atoms with Gasteiger partial charge in [0, 0.05) is 32.7 Å². The zero-order valence-electron chi connectivity index (χ0n) is 30.5. The number of aliphatic carboxylic acids is 1. The van der Waals surface area contributed by atoms with Crippen LogP contribution in [0.2, 0.25) is 0 Å². The molecule has 2 fully saturated rings. The van der Waals surface area contributed by atoms with E-state index in [1.54, 1.807) is 12.1 Å². The maximum atomic E-state index is 12.6. The molecule has 2 unspecified atom stereocenters. The summed E-state index contributed by atoms with van der Waals surface area (Å²) >= 11 is 0. The van der Waals surface area contributed by atoms with Crippen molar-refractivity contribution in [2.45, 2.75) is 113 Å². The number of nitrogens with zero attached hydrogens (tertiary/aromatic N) is 1. The number of carbonyl (C=O) groups is 5. The molecule has 2 saturated heterocycles. The van der Waals surface area contributed by atoms with Gasteiger partial charge in [-0.05, 0) is 37.8 Å². The number of benzene rings is 1. The summed E-state index contributed by atoms with van der Waals surface area (Å²) in [5, 5.41) is 92.4. The van der Waals surface area contributed by atoms with Crippen molar-refractivity contribution in [1.82, 2.24) is 10.6 Å². The van der Waals surface area contributed by atoms with Crippen LogP contribution in [0, 0.1) is 0 Å². The molecule has 0 radical (unpaired) electrons. The van der Waals surface area contributed by atoms with Gasteiger partial charge in [-0.25, -0.2) is 9.59 Å². The van der Waals surface area contributed by atoms with Crippen molar-refractivity contribution in [3.8, 4) is 0 Å². The van der Waals surface area contributed by atoms with E-state index in [1.165, 1.54) is 19.2 Å². The Hall–Kier alpha value is -4.32. The SMILES string of the molecule is COC(=O)c1ccccc1NC(=O)CCC(=O)NCCC[C@H]1O[C@H](CO[C@]2(C(=O)O)C[C@@](O)(NC(C)=O)C[C@H](C(O)C(O)CO)O2)[C@H](O)[C@H](O)[C@H]1N=C(C)[O-]. The predicted octanol–water partition coefficient (Wildman–Crippen LogP) is -3.76. The number of aliphatic hydroxyl groups is 6. The van der Waals surface area contributed by atoms with Crippen LogP contribution in [0.25, 0.3) is 0 Å². The molecule has 2 heterocycles. The first kappa shape index (κ1) is 45.1. The lowest BCUT2D eigenvalue weighted by Crippen LogP contribution is -2.67. The molecule has 3 rings (SSSR count). The normalized spacial score (nSPS) is 29.4. The van der Waals surface area contributed by atoms with E-state index < -0.39 is 122 Å². The van der Waals surface area contributed by atoms with Gasteiger partial charge < -0.3 is 75.8 Å². The number of para-hydroxylation sites is 1. The average Bonchev–Trinajstić information content (AvgIpc) is 3.12. The number of esters is 1. The third-order valence-electron chi connectivity index (χ3n) is 8.90. The fourth-order valence-electron chi connectivity index (χ4n) is 6.29. The third kappa shape index (κ3) is 12.3. The zero-order valence-corrected chi connectivity index (χ0v) is 30.5. The topological polar surface area (TPSA) is 335 Å². The van der Waals surface area contributed by atoms with E-state index in [9.17, 15) is 64.8 Å². The van der Waals surface area contributed by atoms with E-state index >= 15 is 0 Å². The van der Waals surface area contributed by atoms with Crippen molar-refractivity contribution < 1.29 is 83.8 Å². The molecule has 10 atom stereocenters. The van der Waals surface area contributed by atoms with Crippen molar-refractivity contribution in [3.63, 3.8) is 0 Å². The van der Waals surface area contributed by atoms with E-state index in [4.69, 9.17) is 18.9 Å². The van der Waals surface area contributed by atoms with E-state index in [0.717, 1.165) is 13.8 Å². The number of hydrogen-bond donors (Lipinski definition) is 10. The van der Waals surface area contributed by atoms with Crippen LogP contribution in [0.1, 0.15) is 62.7 Å². The molecule has 0 saturated carbocycles. The number of carbonyl (C=O) groups excluding carboxylic acids is 4. The number of aliphatic imine (C=N–C) groups is 1. The second kappa shape index (κ2) is 20.0. The molecule has 21 heteroatoms. The molecule has 0 aromatic heterocycles. The van der Waals surface area contributed by atoms with Gasteiger partial charge in [-0.1, -0.05) is 12.1 Å².